The van der Waals surface area contributed by atoms with Crippen molar-refractivity contribution in [1.29, 1.82) is 0 Å². The summed E-state index contributed by atoms with van der Waals surface area (Å²) in [6.45, 7) is 3.00. The number of hydrogen-bond donors (Lipinski definition) is 3. The summed E-state index contributed by atoms with van der Waals surface area (Å²) in [6, 6.07) is 2.65. The van der Waals surface area contributed by atoms with Gasteiger partial charge in [-0.05, 0) is 36.8 Å². The Hall–Kier alpha value is -1.98. The molecule has 3 N–H and O–H groups in total. The Morgan fingerprint density at radius 3 is 2.63 bits per heavy atom. The SMILES string of the molecule is CCC1(CNC(=O)NCc2ccc(C(=O)O)o2)CC1. The van der Waals surface area contributed by atoms with E-state index in [2.05, 4.69) is 17.6 Å². The first-order chi connectivity index (χ1) is 9.04. The van der Waals surface area contributed by atoms with E-state index in [1.54, 1.807) is 0 Å². The van der Waals surface area contributed by atoms with Crippen molar-refractivity contribution in [2.24, 2.45) is 5.41 Å². The molecule has 0 atom stereocenters. The van der Waals surface area contributed by atoms with E-state index in [9.17, 15) is 9.59 Å². The maximum Gasteiger partial charge on any atom is 0.371 e. The second-order valence-electron chi connectivity index (χ2n) is 4.96. The molecule has 0 aromatic carbocycles. The standard InChI is InChI=1S/C13H18N2O4/c1-2-13(5-6-13)8-15-12(18)14-7-9-3-4-10(19-9)11(16)17/h3-4H,2,5-8H2,1H3,(H,16,17)(H2,14,15,18). The van der Waals surface area contributed by atoms with Gasteiger partial charge < -0.3 is 20.2 Å². The number of rotatable bonds is 6. The van der Waals surface area contributed by atoms with E-state index in [0.29, 0.717) is 17.7 Å². The van der Waals surface area contributed by atoms with E-state index >= 15 is 0 Å². The second kappa shape index (κ2) is 5.34. The molecule has 0 radical (unpaired) electrons. The molecule has 6 nitrogen and oxygen atoms in total. The van der Waals surface area contributed by atoms with Crippen LogP contribution in [-0.4, -0.2) is 23.7 Å². The number of urea groups is 1. The third-order valence-corrected chi connectivity index (χ3v) is 3.63. The average molecular weight is 266 g/mol. The molecule has 0 aliphatic heterocycles. The van der Waals surface area contributed by atoms with Crippen LogP contribution in [-0.2, 0) is 6.54 Å². The van der Waals surface area contributed by atoms with Crippen molar-refractivity contribution >= 4 is 12.0 Å². The van der Waals surface area contributed by atoms with E-state index in [-0.39, 0.29) is 18.3 Å². The summed E-state index contributed by atoms with van der Waals surface area (Å²) < 4.78 is 5.03. The molecule has 0 bridgehead atoms. The molecular weight excluding hydrogens is 248 g/mol. The van der Waals surface area contributed by atoms with Crippen molar-refractivity contribution in [2.75, 3.05) is 6.54 Å². The smallest absolute Gasteiger partial charge is 0.371 e. The number of furan rings is 1. The molecule has 0 spiro atoms. The Kier molecular flexibility index (Phi) is 3.78. The number of aromatic carboxylic acids is 1. The first-order valence-corrected chi connectivity index (χ1v) is 6.38. The van der Waals surface area contributed by atoms with E-state index in [1.807, 2.05) is 0 Å². The molecule has 1 aliphatic rings. The Bertz CT molecular complexity index is 477. The van der Waals surface area contributed by atoms with E-state index in [4.69, 9.17) is 9.52 Å². The lowest BCUT2D eigenvalue weighted by atomic mass is 10.0. The number of amides is 2. The predicted octanol–water partition coefficient (Wildman–Crippen LogP) is 1.97. The van der Waals surface area contributed by atoms with Crippen molar-refractivity contribution in [2.45, 2.75) is 32.7 Å². The Morgan fingerprint density at radius 2 is 2.11 bits per heavy atom. The van der Waals surface area contributed by atoms with E-state index in [0.717, 1.165) is 6.42 Å². The fourth-order valence-corrected chi connectivity index (χ4v) is 1.92. The maximum atomic E-state index is 11.6. The van der Waals surface area contributed by atoms with Gasteiger partial charge in [0, 0.05) is 6.54 Å². The van der Waals surface area contributed by atoms with Gasteiger partial charge in [0.15, 0.2) is 0 Å². The normalized spacial score (nSPS) is 15.8. The predicted molar refractivity (Wildman–Crippen MR) is 67.9 cm³/mol. The zero-order valence-corrected chi connectivity index (χ0v) is 10.9. The lowest BCUT2D eigenvalue weighted by Gasteiger charge is -2.13. The van der Waals surface area contributed by atoms with Crippen molar-refractivity contribution in [3.8, 4) is 0 Å². The van der Waals surface area contributed by atoms with Gasteiger partial charge >= 0.3 is 12.0 Å². The van der Waals surface area contributed by atoms with Gasteiger partial charge in [0.05, 0.1) is 6.54 Å². The van der Waals surface area contributed by atoms with Gasteiger partial charge in [-0.1, -0.05) is 6.92 Å². The lowest BCUT2D eigenvalue weighted by Crippen LogP contribution is -2.38. The summed E-state index contributed by atoms with van der Waals surface area (Å²) in [4.78, 5) is 22.2. The highest BCUT2D eigenvalue weighted by Crippen LogP contribution is 2.47. The number of carboxylic acid groups (broad SMARTS) is 1. The van der Waals surface area contributed by atoms with Gasteiger partial charge in [-0.15, -0.1) is 0 Å². The Morgan fingerprint density at radius 1 is 1.37 bits per heavy atom. The molecule has 1 heterocycles. The fourth-order valence-electron chi connectivity index (χ4n) is 1.92. The molecule has 1 aromatic rings. The molecule has 1 fully saturated rings. The third kappa shape index (κ3) is 3.49. The number of nitrogens with one attached hydrogen (secondary N) is 2. The van der Waals surface area contributed by atoms with Crippen LogP contribution in [0.2, 0.25) is 0 Å². The molecule has 1 saturated carbocycles. The number of carboxylic acids is 1. The average Bonchev–Trinajstić information content (AvgIpc) is 3.02. The molecule has 104 valence electrons. The van der Waals surface area contributed by atoms with Crippen molar-refractivity contribution in [3.63, 3.8) is 0 Å². The van der Waals surface area contributed by atoms with E-state index in [1.165, 1.54) is 25.0 Å². The third-order valence-electron chi connectivity index (χ3n) is 3.63. The van der Waals surface area contributed by atoms with Crippen molar-refractivity contribution in [1.82, 2.24) is 10.6 Å². The number of carbonyl (C=O) groups is 2. The quantitative estimate of drug-likeness (QED) is 0.734. The van der Waals surface area contributed by atoms with E-state index < -0.39 is 5.97 Å². The minimum absolute atomic E-state index is 0.125. The zero-order valence-electron chi connectivity index (χ0n) is 10.9. The summed E-state index contributed by atoms with van der Waals surface area (Å²) in [5.41, 5.74) is 0.304. The number of carbonyl (C=O) groups excluding carboxylic acids is 1. The monoisotopic (exact) mass is 266 g/mol. The van der Waals surface area contributed by atoms with Crippen LogP contribution >= 0.6 is 0 Å². The zero-order chi connectivity index (χ0) is 13.9. The summed E-state index contributed by atoms with van der Waals surface area (Å²) >= 11 is 0. The minimum Gasteiger partial charge on any atom is -0.475 e. The van der Waals surface area contributed by atoms with Crippen molar-refractivity contribution in [3.05, 3.63) is 23.7 Å². The first kappa shape index (κ1) is 13.5. The Balaban J connectivity index is 1.72. The van der Waals surface area contributed by atoms with Gasteiger partial charge in [0.25, 0.3) is 0 Å². The molecular formula is C13H18N2O4. The maximum absolute atomic E-state index is 11.6. The number of hydrogen-bond acceptors (Lipinski definition) is 3. The largest absolute Gasteiger partial charge is 0.475 e. The van der Waals surface area contributed by atoms with Gasteiger partial charge in [-0.2, -0.15) is 0 Å². The molecule has 1 aliphatic carbocycles. The first-order valence-electron chi connectivity index (χ1n) is 6.38. The van der Waals surface area contributed by atoms with Crippen LogP contribution in [0, 0.1) is 5.41 Å². The molecule has 0 unspecified atom stereocenters. The minimum atomic E-state index is -1.12. The van der Waals surface area contributed by atoms with Gasteiger partial charge in [0.1, 0.15) is 5.76 Å². The van der Waals surface area contributed by atoms with Crippen molar-refractivity contribution < 1.29 is 19.1 Å². The van der Waals surface area contributed by atoms with Crippen LogP contribution in [0.3, 0.4) is 0 Å². The molecule has 1 aromatic heterocycles. The van der Waals surface area contributed by atoms with Gasteiger partial charge in [-0.3, -0.25) is 0 Å². The van der Waals surface area contributed by atoms with Crippen LogP contribution in [0.4, 0.5) is 4.79 Å². The van der Waals surface area contributed by atoms with Crippen LogP contribution in [0.5, 0.6) is 0 Å². The van der Waals surface area contributed by atoms with Crippen LogP contribution < -0.4 is 10.6 Å². The van der Waals surface area contributed by atoms with Crippen LogP contribution in [0.15, 0.2) is 16.5 Å². The summed E-state index contributed by atoms with van der Waals surface area (Å²) in [5, 5.41) is 14.2. The second-order valence-corrected chi connectivity index (χ2v) is 4.96. The van der Waals surface area contributed by atoms with Gasteiger partial charge in [-0.25, -0.2) is 9.59 Å². The highest BCUT2D eigenvalue weighted by molar-refractivity contribution is 5.84. The highest BCUT2D eigenvalue weighted by Gasteiger charge is 2.40. The van der Waals surface area contributed by atoms with Gasteiger partial charge in [0.2, 0.25) is 5.76 Å². The molecule has 19 heavy (non-hydrogen) atoms. The highest BCUT2D eigenvalue weighted by atomic mass is 16.4. The summed E-state index contributed by atoms with van der Waals surface area (Å²) in [6.07, 6.45) is 3.42. The summed E-state index contributed by atoms with van der Waals surface area (Å²) in [7, 11) is 0. The lowest BCUT2D eigenvalue weighted by molar-refractivity contribution is 0.0660. The molecule has 2 rings (SSSR count). The molecule has 0 saturated heterocycles. The Labute approximate surface area is 111 Å². The topological polar surface area (TPSA) is 91.6 Å². The fraction of sp³-hybridized carbons (Fsp3) is 0.538. The van der Waals surface area contributed by atoms with Crippen LogP contribution in [0.25, 0.3) is 0 Å². The molecule has 6 heteroatoms. The van der Waals surface area contributed by atoms with Crippen LogP contribution in [0.1, 0.15) is 42.5 Å². The molecule has 2 amide bonds. The summed E-state index contributed by atoms with van der Waals surface area (Å²) in [5.74, 6) is -0.821.